The highest BCUT2D eigenvalue weighted by atomic mass is 16.2. The number of rotatable bonds is 2. The van der Waals surface area contributed by atoms with Crippen molar-refractivity contribution in [3.63, 3.8) is 0 Å². The zero-order chi connectivity index (χ0) is 21.7. The van der Waals surface area contributed by atoms with Gasteiger partial charge in [0.1, 0.15) is 11.2 Å². The zero-order valence-corrected chi connectivity index (χ0v) is 18.1. The second-order valence-electron chi connectivity index (χ2n) is 8.76. The van der Waals surface area contributed by atoms with Gasteiger partial charge in [-0.15, -0.1) is 0 Å². The first-order valence-electron chi connectivity index (χ1n) is 11.1. The van der Waals surface area contributed by atoms with E-state index in [4.69, 9.17) is 5.10 Å². The number of amides is 1. The van der Waals surface area contributed by atoms with Gasteiger partial charge in [0.2, 0.25) is 0 Å². The largest absolute Gasteiger partial charge is 0.363 e. The number of hydrogen-bond donors (Lipinski definition) is 0. The van der Waals surface area contributed by atoms with Gasteiger partial charge in [-0.3, -0.25) is 4.79 Å². The van der Waals surface area contributed by atoms with Gasteiger partial charge in [0, 0.05) is 31.5 Å². The molecule has 32 heavy (non-hydrogen) atoms. The number of nitrogens with zero attached hydrogens (tertiary/aromatic N) is 5. The summed E-state index contributed by atoms with van der Waals surface area (Å²) in [7, 11) is 0. The summed E-state index contributed by atoms with van der Waals surface area (Å²) in [5, 5.41) is 6.43. The van der Waals surface area contributed by atoms with Crippen LogP contribution in [0.25, 0.3) is 0 Å². The molecule has 3 aliphatic rings. The third-order valence-corrected chi connectivity index (χ3v) is 7.16. The molecule has 1 aromatic heterocycles. The van der Waals surface area contributed by atoms with Crippen molar-refractivity contribution in [2.75, 3.05) is 34.4 Å². The van der Waals surface area contributed by atoms with Gasteiger partial charge in [-0.25, -0.2) is 4.98 Å². The topological polar surface area (TPSA) is 52.0 Å². The number of piperazine rings is 1. The number of anilines is 3. The second kappa shape index (κ2) is 7.19. The van der Waals surface area contributed by atoms with Crippen molar-refractivity contribution in [3.8, 4) is 0 Å². The monoisotopic (exact) mass is 423 g/mol. The van der Waals surface area contributed by atoms with E-state index in [-0.39, 0.29) is 11.9 Å². The number of pyridine rings is 1. The van der Waals surface area contributed by atoms with E-state index in [1.54, 1.807) is 5.01 Å². The van der Waals surface area contributed by atoms with Gasteiger partial charge in [0.25, 0.3) is 5.91 Å². The minimum atomic E-state index is -0.697. The average molecular weight is 424 g/mol. The third kappa shape index (κ3) is 2.68. The summed E-state index contributed by atoms with van der Waals surface area (Å²) in [5.41, 5.74) is 3.46. The zero-order valence-electron chi connectivity index (χ0n) is 18.1. The molecule has 0 saturated carbocycles. The molecule has 0 radical (unpaired) electrons. The summed E-state index contributed by atoms with van der Waals surface area (Å²) in [5.74, 6) is 1.02. The Bertz CT molecular complexity index is 1200. The molecule has 3 aromatic rings. The summed E-state index contributed by atoms with van der Waals surface area (Å²) in [6.07, 6.45) is 2.50. The normalized spacial score (nSPS) is 24.4. The van der Waals surface area contributed by atoms with Crippen LogP contribution in [0, 0.1) is 5.41 Å². The molecular formula is C26H25N5O. The molecule has 1 fully saturated rings. The van der Waals surface area contributed by atoms with E-state index in [0.29, 0.717) is 6.42 Å². The Morgan fingerprint density at radius 1 is 0.938 bits per heavy atom. The molecule has 0 unspecified atom stereocenters. The fourth-order valence-corrected chi connectivity index (χ4v) is 5.56. The number of carbonyl (C=O) groups excluding carboxylic acids is 1. The number of fused-ring (bicyclic) bond motifs is 4. The lowest BCUT2D eigenvalue weighted by molar-refractivity contribution is -0.125. The Balaban J connectivity index is 1.46. The number of hydrogen-bond acceptors (Lipinski definition) is 5. The van der Waals surface area contributed by atoms with Crippen molar-refractivity contribution >= 4 is 28.8 Å². The van der Waals surface area contributed by atoms with E-state index in [2.05, 4.69) is 39.0 Å². The van der Waals surface area contributed by atoms with Crippen LogP contribution in [0.4, 0.5) is 17.2 Å². The first-order valence-corrected chi connectivity index (χ1v) is 11.1. The molecule has 4 heterocycles. The highest BCUT2D eigenvalue weighted by Crippen LogP contribution is 2.48. The molecular weight excluding hydrogens is 398 g/mol. The Morgan fingerprint density at radius 3 is 2.53 bits per heavy atom. The maximum atomic E-state index is 14.2. The van der Waals surface area contributed by atoms with E-state index >= 15 is 0 Å². The lowest BCUT2D eigenvalue weighted by Crippen LogP contribution is -2.67. The summed E-state index contributed by atoms with van der Waals surface area (Å²) in [6, 6.07) is 24.2. The summed E-state index contributed by atoms with van der Waals surface area (Å²) >= 11 is 0. The first-order chi connectivity index (χ1) is 15.7. The van der Waals surface area contributed by atoms with Gasteiger partial charge >= 0.3 is 0 Å². The predicted octanol–water partition coefficient (Wildman–Crippen LogP) is 3.74. The van der Waals surface area contributed by atoms with Crippen LogP contribution in [0.1, 0.15) is 12.5 Å². The standard InChI is InChI=1S/C26H25N5O/c1-19-26(25(32)31(28-19)21-10-3-2-4-11-21)17-20-9-5-6-12-22(20)30-16-15-29(18-23(26)30)24-13-7-8-14-27-24/h2-14,23H,15-18H2,1H3/t23-,26+/m1/s1. The Labute approximate surface area is 187 Å². The van der Waals surface area contributed by atoms with Crippen molar-refractivity contribution in [1.29, 1.82) is 0 Å². The van der Waals surface area contributed by atoms with Crippen LogP contribution in [0.2, 0.25) is 0 Å². The highest BCUT2D eigenvalue weighted by molar-refractivity contribution is 6.20. The molecule has 6 rings (SSSR count). The molecule has 2 atom stereocenters. The summed E-state index contributed by atoms with van der Waals surface area (Å²) in [4.78, 5) is 23.5. The van der Waals surface area contributed by atoms with Crippen molar-refractivity contribution < 1.29 is 4.79 Å². The van der Waals surface area contributed by atoms with E-state index in [1.807, 2.05) is 61.7 Å². The molecule has 0 N–H and O–H groups in total. The molecule has 160 valence electrons. The molecule has 1 amide bonds. The van der Waals surface area contributed by atoms with Crippen LogP contribution < -0.4 is 14.8 Å². The Morgan fingerprint density at radius 2 is 1.72 bits per heavy atom. The van der Waals surface area contributed by atoms with Crippen molar-refractivity contribution in [2.45, 2.75) is 19.4 Å². The van der Waals surface area contributed by atoms with Crippen LogP contribution in [0.5, 0.6) is 0 Å². The second-order valence-corrected chi connectivity index (χ2v) is 8.76. The predicted molar refractivity (Wildman–Crippen MR) is 127 cm³/mol. The molecule has 6 nitrogen and oxygen atoms in total. The Kier molecular flexibility index (Phi) is 4.28. The number of hydrazone groups is 1. The summed E-state index contributed by atoms with van der Waals surface area (Å²) < 4.78 is 0. The molecule has 3 aliphatic heterocycles. The maximum Gasteiger partial charge on any atom is 0.261 e. The van der Waals surface area contributed by atoms with Gasteiger partial charge in [0.05, 0.1) is 17.4 Å². The van der Waals surface area contributed by atoms with Gasteiger partial charge in [-0.2, -0.15) is 10.1 Å². The molecule has 6 heteroatoms. The number of para-hydroxylation sites is 2. The average Bonchev–Trinajstić information content (AvgIpc) is 3.10. The Hall–Kier alpha value is -3.67. The van der Waals surface area contributed by atoms with E-state index < -0.39 is 5.41 Å². The number of aromatic nitrogens is 1. The van der Waals surface area contributed by atoms with Gasteiger partial charge < -0.3 is 9.80 Å². The van der Waals surface area contributed by atoms with Gasteiger partial charge in [-0.05, 0) is 49.2 Å². The van der Waals surface area contributed by atoms with Crippen LogP contribution in [-0.4, -0.2) is 42.3 Å². The minimum Gasteiger partial charge on any atom is -0.363 e. The molecule has 2 aromatic carbocycles. The number of carbonyl (C=O) groups is 1. The first kappa shape index (κ1) is 19.0. The smallest absolute Gasteiger partial charge is 0.261 e. The van der Waals surface area contributed by atoms with Crippen molar-refractivity contribution in [2.24, 2.45) is 10.5 Å². The SMILES string of the molecule is CC1=NN(c2ccccc2)C(=O)[C@@]12Cc1ccccc1N1CCN(c3ccccn3)C[C@@H]12. The van der Waals surface area contributed by atoms with Crippen LogP contribution in [0.3, 0.4) is 0 Å². The van der Waals surface area contributed by atoms with E-state index in [1.165, 1.54) is 11.3 Å². The molecule has 0 aliphatic carbocycles. The van der Waals surface area contributed by atoms with E-state index in [0.717, 1.165) is 36.9 Å². The summed E-state index contributed by atoms with van der Waals surface area (Å²) in [6.45, 7) is 4.45. The third-order valence-electron chi connectivity index (χ3n) is 7.16. The van der Waals surface area contributed by atoms with Gasteiger partial charge in [0.15, 0.2) is 0 Å². The van der Waals surface area contributed by atoms with Crippen molar-refractivity contribution in [1.82, 2.24) is 4.98 Å². The highest BCUT2D eigenvalue weighted by Gasteiger charge is 2.59. The molecule has 0 bridgehead atoms. The fraction of sp³-hybridized carbons (Fsp3) is 0.269. The van der Waals surface area contributed by atoms with Crippen molar-refractivity contribution in [3.05, 3.63) is 84.6 Å². The van der Waals surface area contributed by atoms with E-state index in [9.17, 15) is 4.79 Å². The molecule has 1 spiro atoms. The maximum absolute atomic E-state index is 14.2. The van der Waals surface area contributed by atoms with Crippen LogP contribution >= 0.6 is 0 Å². The quantitative estimate of drug-likeness (QED) is 0.630. The van der Waals surface area contributed by atoms with Gasteiger partial charge in [-0.1, -0.05) is 42.5 Å². The van der Waals surface area contributed by atoms with Crippen LogP contribution in [0.15, 0.2) is 84.1 Å². The fourth-order valence-electron chi connectivity index (χ4n) is 5.56. The minimum absolute atomic E-state index is 0.0156. The lowest BCUT2D eigenvalue weighted by Gasteiger charge is -2.53. The lowest BCUT2D eigenvalue weighted by atomic mass is 9.67. The molecule has 1 saturated heterocycles. The number of benzene rings is 2. The van der Waals surface area contributed by atoms with Crippen LogP contribution in [-0.2, 0) is 11.2 Å².